The number of hydrogen-bond acceptors (Lipinski definition) is 8. The zero-order chi connectivity index (χ0) is 36.4. The van der Waals surface area contributed by atoms with Crippen molar-refractivity contribution in [2.45, 2.75) is 82.8 Å². The van der Waals surface area contributed by atoms with E-state index >= 15 is 0 Å². The molecule has 3 aromatic rings. The van der Waals surface area contributed by atoms with Crippen LogP contribution in [0.3, 0.4) is 0 Å². The van der Waals surface area contributed by atoms with Crippen LogP contribution in [0.4, 0.5) is 15.8 Å². The fourth-order valence-corrected chi connectivity index (χ4v) is 8.11. The van der Waals surface area contributed by atoms with Crippen molar-refractivity contribution < 1.29 is 33.0 Å². The Balaban J connectivity index is 0.825. The second-order valence-corrected chi connectivity index (χ2v) is 14.3. The second-order valence-electron chi connectivity index (χ2n) is 14.3. The maximum atomic E-state index is 14.8. The number of nitrogens with zero attached hydrogens (tertiary/aromatic N) is 3. The van der Waals surface area contributed by atoms with Gasteiger partial charge in [0.1, 0.15) is 11.9 Å². The molecule has 0 saturated carbocycles. The molecule has 2 saturated heterocycles. The van der Waals surface area contributed by atoms with E-state index in [-0.39, 0.29) is 43.0 Å². The molecule has 0 radical (unpaired) electrons. The Kier molecular flexibility index (Phi) is 10.4. The number of halogens is 1. The van der Waals surface area contributed by atoms with Crippen LogP contribution in [0.2, 0.25) is 0 Å². The van der Waals surface area contributed by atoms with Crippen LogP contribution in [0.15, 0.2) is 48.5 Å². The highest BCUT2D eigenvalue weighted by Crippen LogP contribution is 2.39. The zero-order valence-electron chi connectivity index (χ0n) is 29.6. The van der Waals surface area contributed by atoms with Crippen LogP contribution in [-0.2, 0) is 22.7 Å². The third-order valence-electron chi connectivity index (χ3n) is 11.0. The van der Waals surface area contributed by atoms with Gasteiger partial charge in [-0.3, -0.25) is 24.5 Å². The number of methoxy groups -OCH3 is 1. The van der Waals surface area contributed by atoms with Crippen LogP contribution in [0.1, 0.15) is 101 Å². The molecule has 4 amide bonds. The number of nitrogen functional groups attached to an aromatic ring is 1. The number of unbranched alkanes of at least 4 members (excludes halogenated alkanes) is 4. The van der Waals surface area contributed by atoms with Gasteiger partial charge >= 0.3 is 0 Å². The lowest BCUT2D eigenvalue weighted by Gasteiger charge is -2.33. The molecule has 0 spiro atoms. The van der Waals surface area contributed by atoms with E-state index in [1.165, 1.54) is 11.0 Å². The van der Waals surface area contributed by atoms with Crippen LogP contribution in [-0.4, -0.2) is 72.8 Å². The van der Waals surface area contributed by atoms with Gasteiger partial charge in [-0.2, -0.15) is 0 Å². The van der Waals surface area contributed by atoms with Gasteiger partial charge in [-0.1, -0.05) is 25.3 Å². The average molecular weight is 712 g/mol. The van der Waals surface area contributed by atoms with E-state index in [1.807, 2.05) is 30.3 Å². The molecule has 0 aromatic heterocycles. The molecule has 4 heterocycles. The first-order valence-corrected chi connectivity index (χ1v) is 18.4. The Hall–Kier alpha value is -4.97. The summed E-state index contributed by atoms with van der Waals surface area (Å²) in [4.78, 5) is 56.1. The molecule has 1 atom stereocenters. The minimum Gasteiger partial charge on any atom is -0.493 e. The van der Waals surface area contributed by atoms with Crippen molar-refractivity contribution in [2.75, 3.05) is 44.0 Å². The average Bonchev–Trinajstić information content (AvgIpc) is 3.64. The smallest absolute Gasteiger partial charge is 0.259 e. The van der Waals surface area contributed by atoms with Crippen molar-refractivity contribution >= 4 is 35.0 Å². The number of likely N-dealkylation sites (tertiary alicyclic amines) is 1. The summed E-state index contributed by atoms with van der Waals surface area (Å²) in [5, 5.41) is 2.33. The van der Waals surface area contributed by atoms with E-state index in [9.17, 15) is 23.6 Å². The number of hydrogen-bond donors (Lipinski definition) is 2. The predicted octanol–water partition coefficient (Wildman–Crippen LogP) is 5.55. The molecule has 7 rings (SSSR count). The Morgan fingerprint density at radius 3 is 2.42 bits per heavy atom. The van der Waals surface area contributed by atoms with E-state index in [1.54, 1.807) is 24.1 Å². The monoisotopic (exact) mass is 711 g/mol. The molecular formula is C40H46FN5O6. The Bertz CT molecular complexity index is 1880. The van der Waals surface area contributed by atoms with Crippen LogP contribution in [0, 0.1) is 5.82 Å². The number of fused-ring (bicyclic) bond motifs is 2. The molecule has 3 aromatic carbocycles. The number of nitrogens with one attached hydrogen (secondary N) is 1. The number of nitrogens with two attached hydrogens (primary N) is 1. The minimum absolute atomic E-state index is 0.0738. The van der Waals surface area contributed by atoms with Gasteiger partial charge in [0.15, 0.2) is 11.5 Å². The maximum absolute atomic E-state index is 14.8. The van der Waals surface area contributed by atoms with Crippen molar-refractivity contribution in [3.05, 3.63) is 82.2 Å². The van der Waals surface area contributed by atoms with E-state index in [0.29, 0.717) is 41.5 Å². The Morgan fingerprint density at radius 1 is 0.846 bits per heavy atom. The minimum atomic E-state index is -0.711. The summed E-state index contributed by atoms with van der Waals surface area (Å²) in [7, 11) is 1.61. The molecule has 2 fully saturated rings. The third kappa shape index (κ3) is 7.34. The fourth-order valence-electron chi connectivity index (χ4n) is 8.11. The second kappa shape index (κ2) is 15.3. The van der Waals surface area contributed by atoms with Crippen molar-refractivity contribution in [3.8, 4) is 11.5 Å². The molecule has 52 heavy (non-hydrogen) atoms. The van der Waals surface area contributed by atoms with Gasteiger partial charge < -0.3 is 29.9 Å². The van der Waals surface area contributed by atoms with E-state index < -0.39 is 17.8 Å². The summed E-state index contributed by atoms with van der Waals surface area (Å²) in [5.41, 5.74) is 10.9. The van der Waals surface area contributed by atoms with Gasteiger partial charge in [0.25, 0.3) is 11.8 Å². The van der Waals surface area contributed by atoms with Gasteiger partial charge in [0.2, 0.25) is 11.8 Å². The van der Waals surface area contributed by atoms with Gasteiger partial charge in [0, 0.05) is 41.5 Å². The van der Waals surface area contributed by atoms with Gasteiger partial charge in [-0.15, -0.1) is 0 Å². The lowest BCUT2D eigenvalue weighted by molar-refractivity contribution is -0.136. The lowest BCUT2D eigenvalue weighted by atomic mass is 9.85. The molecule has 12 heteroatoms. The van der Waals surface area contributed by atoms with Crippen molar-refractivity contribution in [3.63, 3.8) is 0 Å². The van der Waals surface area contributed by atoms with Crippen LogP contribution < -0.4 is 25.4 Å². The van der Waals surface area contributed by atoms with Crippen LogP contribution >= 0.6 is 0 Å². The molecule has 11 nitrogen and oxygen atoms in total. The van der Waals surface area contributed by atoms with E-state index in [2.05, 4.69) is 10.2 Å². The number of carbonyl (C=O) groups is 4. The van der Waals surface area contributed by atoms with Crippen LogP contribution in [0.25, 0.3) is 0 Å². The van der Waals surface area contributed by atoms with E-state index in [0.717, 1.165) is 87.0 Å². The lowest BCUT2D eigenvalue weighted by Crippen LogP contribution is -2.52. The molecular weight excluding hydrogens is 665 g/mol. The number of benzene rings is 3. The SMILES string of the molecule is COc1ccc(N2Cc3ccc(N)cc3C2=O)cc1OCCCCCCCN1CCC(c2cc(F)cc3c2CN(C2CCC(=O)NC2=O)C3=O)CC1. The first kappa shape index (κ1) is 35.4. The molecule has 4 aliphatic rings. The molecule has 1 unspecified atom stereocenters. The standard InChI is InChI=1S/C40H46FN5O6/c1-51-35-11-9-29(45-23-26-7-8-28(42)21-31(26)39(45)49)22-36(35)52-18-6-4-2-3-5-15-44-16-13-25(14-17-44)30-19-27(41)20-32-33(30)24-46(40(32)50)34-10-12-37(47)43-38(34)48/h7-9,11,19-22,25,34H,2-6,10,12-18,23-24,42H2,1H3,(H,43,47,48). The highest BCUT2D eigenvalue weighted by atomic mass is 19.1. The summed E-state index contributed by atoms with van der Waals surface area (Å²) in [5.74, 6) is -0.222. The number of anilines is 2. The van der Waals surface area contributed by atoms with Gasteiger partial charge in [0.05, 0.1) is 20.3 Å². The molecule has 0 aliphatic carbocycles. The summed E-state index contributed by atoms with van der Waals surface area (Å²) >= 11 is 0. The van der Waals surface area contributed by atoms with E-state index in [4.69, 9.17) is 15.2 Å². The largest absolute Gasteiger partial charge is 0.493 e. The quantitative estimate of drug-likeness (QED) is 0.134. The zero-order valence-corrected chi connectivity index (χ0v) is 29.6. The number of rotatable bonds is 13. The predicted molar refractivity (Wildman–Crippen MR) is 194 cm³/mol. The Labute approximate surface area is 303 Å². The van der Waals surface area contributed by atoms with Crippen molar-refractivity contribution in [1.29, 1.82) is 0 Å². The highest BCUT2D eigenvalue weighted by molar-refractivity contribution is 6.10. The van der Waals surface area contributed by atoms with Crippen molar-refractivity contribution in [2.24, 2.45) is 0 Å². The maximum Gasteiger partial charge on any atom is 0.259 e. The summed E-state index contributed by atoms with van der Waals surface area (Å²) in [6, 6.07) is 13.2. The first-order chi connectivity index (χ1) is 25.2. The first-order valence-electron chi connectivity index (χ1n) is 18.4. The fraction of sp³-hybridized carbons (Fsp3) is 0.450. The molecule has 3 N–H and O–H groups in total. The number of imide groups is 1. The molecule has 4 aliphatic heterocycles. The van der Waals surface area contributed by atoms with Crippen molar-refractivity contribution in [1.82, 2.24) is 15.1 Å². The highest BCUT2D eigenvalue weighted by Gasteiger charge is 2.41. The number of ether oxygens (including phenoxy) is 2. The summed E-state index contributed by atoms with van der Waals surface area (Å²) in [6.45, 7) is 4.16. The number of carbonyl (C=O) groups excluding carboxylic acids is 4. The van der Waals surface area contributed by atoms with Crippen LogP contribution in [0.5, 0.6) is 11.5 Å². The molecule has 0 bridgehead atoms. The number of amides is 4. The van der Waals surface area contributed by atoms with Gasteiger partial charge in [-0.25, -0.2) is 4.39 Å². The normalized spacial score (nSPS) is 19.2. The topological polar surface area (TPSA) is 135 Å². The van der Waals surface area contributed by atoms with Gasteiger partial charge in [-0.05, 0) is 111 Å². The summed E-state index contributed by atoms with van der Waals surface area (Å²) in [6.07, 6.45) is 7.53. The molecule has 274 valence electrons. The number of piperidine rings is 2. The summed E-state index contributed by atoms with van der Waals surface area (Å²) < 4.78 is 26.4. The Morgan fingerprint density at radius 2 is 1.63 bits per heavy atom. The third-order valence-corrected chi connectivity index (χ3v) is 11.0.